The van der Waals surface area contributed by atoms with Crippen LogP contribution in [0.25, 0.3) is 10.9 Å². The second-order valence-corrected chi connectivity index (χ2v) is 8.45. The highest BCUT2D eigenvalue weighted by atomic mass is 32.2. The number of carbonyl (C=O) groups excluding carboxylic acids is 2. The zero-order chi connectivity index (χ0) is 24.9. The van der Waals surface area contributed by atoms with Crippen LogP contribution in [0.4, 0.5) is 5.69 Å². The Hall–Kier alpha value is -4.11. The fraction of sp³-hybridized carbons (Fsp3) is 0.154. The maximum atomic E-state index is 13.4. The van der Waals surface area contributed by atoms with E-state index in [0.717, 1.165) is 4.90 Å². The number of hydrogen-bond acceptors (Lipinski definition) is 7. The predicted octanol–water partition coefficient (Wildman–Crippen LogP) is 4.01. The van der Waals surface area contributed by atoms with Gasteiger partial charge in [-0.2, -0.15) is 0 Å². The van der Waals surface area contributed by atoms with Crippen molar-refractivity contribution in [3.63, 3.8) is 0 Å². The maximum Gasteiger partial charge on any atom is 0.244 e. The van der Waals surface area contributed by atoms with E-state index < -0.39 is 11.2 Å². The average Bonchev–Trinajstić information content (AvgIpc) is 2.89. The van der Waals surface area contributed by atoms with Gasteiger partial charge in [-0.05, 0) is 42.7 Å². The van der Waals surface area contributed by atoms with Crippen LogP contribution in [-0.4, -0.2) is 41.7 Å². The molecule has 0 radical (unpaired) electrons. The monoisotopic (exact) mass is 489 g/mol. The number of rotatable bonds is 8. The third-order valence-electron chi connectivity index (χ3n) is 5.44. The van der Waals surface area contributed by atoms with Crippen molar-refractivity contribution in [1.82, 2.24) is 9.55 Å². The molecule has 0 bridgehead atoms. The molecule has 1 amide bonds. The summed E-state index contributed by atoms with van der Waals surface area (Å²) in [6, 6.07) is 13.7. The van der Waals surface area contributed by atoms with Crippen molar-refractivity contribution in [2.24, 2.45) is 0 Å². The summed E-state index contributed by atoms with van der Waals surface area (Å²) in [5.41, 5.74) is 0.883. The molecular formula is C26H23N3O5S. The van der Waals surface area contributed by atoms with E-state index in [1.807, 2.05) is 24.5 Å². The van der Waals surface area contributed by atoms with Crippen molar-refractivity contribution in [3.8, 4) is 11.5 Å². The smallest absolute Gasteiger partial charge is 0.244 e. The molecule has 178 valence electrons. The summed E-state index contributed by atoms with van der Waals surface area (Å²) >= 11 is 1.57. The van der Waals surface area contributed by atoms with E-state index in [2.05, 4.69) is 10.3 Å². The highest BCUT2D eigenvalue weighted by molar-refractivity contribution is 7.98. The molecule has 4 rings (SSSR count). The van der Waals surface area contributed by atoms with Gasteiger partial charge in [0.2, 0.25) is 11.3 Å². The van der Waals surface area contributed by atoms with E-state index in [0.29, 0.717) is 28.3 Å². The van der Waals surface area contributed by atoms with Crippen molar-refractivity contribution in [1.29, 1.82) is 0 Å². The molecule has 9 heteroatoms. The molecule has 35 heavy (non-hydrogen) atoms. The van der Waals surface area contributed by atoms with Gasteiger partial charge in [-0.25, -0.2) is 0 Å². The van der Waals surface area contributed by atoms with Gasteiger partial charge in [-0.1, -0.05) is 6.07 Å². The van der Waals surface area contributed by atoms with Gasteiger partial charge in [0.25, 0.3) is 0 Å². The molecule has 1 N–H and O–H groups in total. The molecule has 4 aromatic rings. The van der Waals surface area contributed by atoms with E-state index in [9.17, 15) is 14.4 Å². The summed E-state index contributed by atoms with van der Waals surface area (Å²) < 4.78 is 12.3. The predicted molar refractivity (Wildman–Crippen MR) is 136 cm³/mol. The Balaban J connectivity index is 1.82. The number of aromatic nitrogens is 2. The highest BCUT2D eigenvalue weighted by Gasteiger charge is 2.20. The van der Waals surface area contributed by atoms with Crippen LogP contribution < -0.4 is 20.2 Å². The van der Waals surface area contributed by atoms with Gasteiger partial charge in [0.1, 0.15) is 6.54 Å². The van der Waals surface area contributed by atoms with Crippen LogP contribution in [0, 0.1) is 0 Å². The van der Waals surface area contributed by atoms with Gasteiger partial charge in [0.15, 0.2) is 17.3 Å². The number of nitrogens with zero attached hydrogens (tertiary/aromatic N) is 2. The van der Waals surface area contributed by atoms with Gasteiger partial charge < -0.3 is 19.4 Å². The molecule has 8 nitrogen and oxygen atoms in total. The van der Waals surface area contributed by atoms with Crippen LogP contribution in [0.3, 0.4) is 0 Å². The first-order valence-corrected chi connectivity index (χ1v) is 11.9. The second-order valence-electron chi connectivity index (χ2n) is 7.57. The molecule has 0 saturated heterocycles. The summed E-state index contributed by atoms with van der Waals surface area (Å²) in [7, 11) is 2.95. The molecule has 0 aliphatic rings. The van der Waals surface area contributed by atoms with Crippen LogP contribution in [0.2, 0.25) is 0 Å². The largest absolute Gasteiger partial charge is 0.493 e. The molecule has 0 aliphatic heterocycles. The van der Waals surface area contributed by atoms with Gasteiger partial charge in [-0.15, -0.1) is 11.8 Å². The third kappa shape index (κ3) is 5.04. The zero-order valence-electron chi connectivity index (χ0n) is 19.4. The summed E-state index contributed by atoms with van der Waals surface area (Å²) in [4.78, 5) is 44.5. The normalized spacial score (nSPS) is 10.7. The van der Waals surface area contributed by atoms with Gasteiger partial charge in [-0.3, -0.25) is 19.4 Å². The third-order valence-corrected chi connectivity index (χ3v) is 6.17. The summed E-state index contributed by atoms with van der Waals surface area (Å²) in [6.07, 6.45) is 6.33. The number of pyridine rings is 2. The van der Waals surface area contributed by atoms with Crippen LogP contribution in [0.15, 0.2) is 76.8 Å². The Kier molecular flexibility index (Phi) is 7.17. The van der Waals surface area contributed by atoms with Crippen LogP contribution in [-0.2, 0) is 11.3 Å². The first-order valence-electron chi connectivity index (χ1n) is 10.6. The Morgan fingerprint density at radius 1 is 1.03 bits per heavy atom. The SMILES string of the molecule is COc1cc2c(=O)c(C(=O)c3ccncc3)cn(CC(=O)Nc3cccc(SC)c3)c2cc1OC. The second kappa shape index (κ2) is 10.4. The van der Waals surface area contributed by atoms with Crippen molar-refractivity contribution < 1.29 is 19.1 Å². The number of anilines is 1. The Morgan fingerprint density at radius 3 is 2.43 bits per heavy atom. The molecule has 2 aromatic heterocycles. The first-order chi connectivity index (χ1) is 16.9. The van der Waals surface area contributed by atoms with Crippen molar-refractivity contribution in [2.45, 2.75) is 11.4 Å². The number of amides is 1. The fourth-order valence-electron chi connectivity index (χ4n) is 3.72. The lowest BCUT2D eigenvalue weighted by Gasteiger charge is -2.16. The number of thioether (sulfide) groups is 1. The van der Waals surface area contributed by atoms with E-state index >= 15 is 0 Å². The number of ketones is 1. The summed E-state index contributed by atoms with van der Waals surface area (Å²) in [5.74, 6) is -0.0360. The standard InChI is InChI=1S/C26H23N3O5S/c1-33-22-12-19-21(13-23(22)34-2)29(15-24(30)28-17-5-4-6-18(11-17)35-3)14-20(26(19)32)25(31)16-7-9-27-10-8-16/h4-14H,15H2,1-3H3,(H,28,30). The molecule has 0 saturated carbocycles. The molecule has 0 spiro atoms. The Bertz CT molecular complexity index is 1470. The minimum atomic E-state index is -0.466. The lowest BCUT2D eigenvalue weighted by molar-refractivity contribution is -0.116. The Labute approximate surface area is 205 Å². The van der Waals surface area contributed by atoms with E-state index in [4.69, 9.17) is 9.47 Å². The number of ether oxygens (including phenoxy) is 2. The van der Waals surface area contributed by atoms with Crippen LogP contribution in [0.5, 0.6) is 11.5 Å². The molecule has 0 aliphatic carbocycles. The van der Waals surface area contributed by atoms with Crippen molar-refractivity contribution >= 4 is 40.0 Å². The number of methoxy groups -OCH3 is 2. The molecular weight excluding hydrogens is 466 g/mol. The minimum absolute atomic E-state index is 0.0619. The summed E-state index contributed by atoms with van der Waals surface area (Å²) in [5, 5.41) is 3.11. The van der Waals surface area contributed by atoms with Crippen LogP contribution in [0.1, 0.15) is 15.9 Å². The summed E-state index contributed by atoms with van der Waals surface area (Å²) in [6.45, 7) is -0.133. The quantitative estimate of drug-likeness (QED) is 0.295. The van der Waals surface area contributed by atoms with E-state index in [1.54, 1.807) is 28.5 Å². The number of benzene rings is 2. The van der Waals surface area contributed by atoms with E-state index in [-0.39, 0.29) is 23.4 Å². The Morgan fingerprint density at radius 2 is 1.74 bits per heavy atom. The van der Waals surface area contributed by atoms with E-state index in [1.165, 1.54) is 51.0 Å². The molecule has 0 atom stereocenters. The lowest BCUT2D eigenvalue weighted by atomic mass is 10.0. The average molecular weight is 490 g/mol. The minimum Gasteiger partial charge on any atom is -0.493 e. The van der Waals surface area contributed by atoms with Crippen molar-refractivity contribution in [3.05, 3.63) is 88.5 Å². The molecule has 2 aromatic carbocycles. The number of fused-ring (bicyclic) bond motifs is 1. The first kappa shape index (κ1) is 24.0. The maximum absolute atomic E-state index is 13.4. The van der Waals surface area contributed by atoms with Crippen LogP contribution >= 0.6 is 11.8 Å². The molecule has 0 fully saturated rings. The van der Waals surface area contributed by atoms with Gasteiger partial charge >= 0.3 is 0 Å². The molecule has 0 unspecified atom stereocenters. The highest BCUT2D eigenvalue weighted by Crippen LogP contribution is 2.31. The topological polar surface area (TPSA) is 99.5 Å². The number of nitrogens with one attached hydrogen (secondary N) is 1. The van der Waals surface area contributed by atoms with Crippen molar-refractivity contribution in [2.75, 3.05) is 25.8 Å². The molecule has 2 heterocycles. The van der Waals surface area contributed by atoms with Gasteiger partial charge in [0.05, 0.1) is 30.7 Å². The fourth-order valence-corrected chi connectivity index (χ4v) is 4.18. The zero-order valence-corrected chi connectivity index (χ0v) is 20.2. The lowest BCUT2D eigenvalue weighted by Crippen LogP contribution is -2.24. The number of carbonyl (C=O) groups is 2. The van der Waals surface area contributed by atoms with Gasteiger partial charge in [0, 0.05) is 40.8 Å². The number of hydrogen-bond donors (Lipinski definition) is 1.